The molecule has 0 radical (unpaired) electrons. The molecule has 0 fully saturated rings. The van der Waals surface area contributed by atoms with E-state index in [1.54, 1.807) is 31.5 Å². The summed E-state index contributed by atoms with van der Waals surface area (Å²) in [5.74, 6) is -0.274. The molecule has 0 saturated heterocycles. The first-order chi connectivity index (χ1) is 10.6. The van der Waals surface area contributed by atoms with Gasteiger partial charge in [-0.3, -0.25) is 9.78 Å². The molecule has 0 spiro atoms. The molecule has 1 aromatic heterocycles. The Hall–Kier alpha value is -2.67. The number of rotatable bonds is 5. The second-order valence-corrected chi connectivity index (χ2v) is 5.28. The van der Waals surface area contributed by atoms with Crippen LogP contribution in [-0.4, -0.2) is 17.6 Å². The lowest BCUT2D eigenvalue weighted by atomic mass is 9.77. The Labute approximate surface area is 130 Å². The molecule has 1 unspecified atom stereocenters. The summed E-state index contributed by atoms with van der Waals surface area (Å²) in [6, 6.07) is 12.9. The number of benzene rings is 1. The van der Waals surface area contributed by atoms with Crippen LogP contribution in [0, 0.1) is 11.3 Å². The Morgan fingerprint density at radius 3 is 2.59 bits per heavy atom. The van der Waals surface area contributed by atoms with Crippen LogP contribution in [0.4, 0.5) is 0 Å². The summed E-state index contributed by atoms with van der Waals surface area (Å²) in [6.07, 6.45) is 3.94. The Morgan fingerprint density at radius 1 is 1.32 bits per heavy atom. The lowest BCUT2D eigenvalue weighted by molar-refractivity contribution is -0.149. The lowest BCUT2D eigenvalue weighted by Gasteiger charge is -2.28. The molecule has 4 heteroatoms. The highest BCUT2D eigenvalue weighted by atomic mass is 16.5. The average Bonchev–Trinajstić information content (AvgIpc) is 2.56. The Bertz CT molecular complexity index is 674. The van der Waals surface area contributed by atoms with Crippen LogP contribution in [-0.2, 0) is 21.4 Å². The van der Waals surface area contributed by atoms with Crippen molar-refractivity contribution < 1.29 is 9.53 Å². The van der Waals surface area contributed by atoms with Gasteiger partial charge in [0, 0.05) is 12.4 Å². The molecule has 0 bridgehead atoms. The van der Waals surface area contributed by atoms with Gasteiger partial charge in [-0.25, -0.2) is 0 Å². The summed E-state index contributed by atoms with van der Waals surface area (Å²) in [5.41, 5.74) is 1.54. The van der Waals surface area contributed by atoms with Gasteiger partial charge in [-0.2, -0.15) is 5.26 Å². The van der Waals surface area contributed by atoms with Gasteiger partial charge in [-0.05, 0) is 49.6 Å². The minimum atomic E-state index is -0.812. The number of hydrogen-bond acceptors (Lipinski definition) is 4. The van der Waals surface area contributed by atoms with Crippen molar-refractivity contribution in [3.8, 4) is 6.07 Å². The smallest absolute Gasteiger partial charge is 0.316 e. The standard InChI is InChI=1S/C18H18N2O2/c1-3-22-17(21)18(2,11-15-5-4-10-20-13-15)16-8-6-14(12-19)7-9-16/h4-10,13H,3,11H2,1-2H3. The summed E-state index contributed by atoms with van der Waals surface area (Å²) < 4.78 is 5.27. The normalized spacial score (nSPS) is 13.0. The minimum Gasteiger partial charge on any atom is -0.465 e. The van der Waals surface area contributed by atoms with Crippen molar-refractivity contribution in [1.29, 1.82) is 5.26 Å². The fourth-order valence-corrected chi connectivity index (χ4v) is 2.41. The number of nitriles is 1. The number of nitrogens with zero attached hydrogens (tertiary/aromatic N) is 2. The third-order valence-corrected chi connectivity index (χ3v) is 3.66. The molecular formula is C18H18N2O2. The van der Waals surface area contributed by atoms with Crippen LogP contribution in [0.25, 0.3) is 0 Å². The zero-order valence-corrected chi connectivity index (χ0v) is 12.7. The zero-order chi connectivity index (χ0) is 16.0. The predicted octanol–water partition coefficient (Wildman–Crippen LogP) is 3.02. The van der Waals surface area contributed by atoms with E-state index < -0.39 is 5.41 Å². The number of ether oxygens (including phenoxy) is 1. The molecule has 112 valence electrons. The highest BCUT2D eigenvalue weighted by Crippen LogP contribution is 2.30. The van der Waals surface area contributed by atoms with Crippen LogP contribution < -0.4 is 0 Å². The van der Waals surface area contributed by atoms with Crippen LogP contribution in [0.2, 0.25) is 0 Å². The van der Waals surface area contributed by atoms with Crippen LogP contribution in [0.5, 0.6) is 0 Å². The molecule has 0 N–H and O–H groups in total. The first kappa shape index (κ1) is 15.7. The number of aromatic nitrogens is 1. The van der Waals surface area contributed by atoms with Gasteiger partial charge in [0.15, 0.2) is 0 Å². The van der Waals surface area contributed by atoms with Gasteiger partial charge in [0.25, 0.3) is 0 Å². The first-order valence-electron chi connectivity index (χ1n) is 7.17. The number of pyridine rings is 1. The number of carbonyl (C=O) groups excluding carboxylic acids is 1. The van der Waals surface area contributed by atoms with E-state index in [-0.39, 0.29) is 5.97 Å². The maximum absolute atomic E-state index is 12.5. The molecule has 0 aliphatic rings. The van der Waals surface area contributed by atoms with Gasteiger partial charge in [0.05, 0.1) is 23.7 Å². The van der Waals surface area contributed by atoms with Gasteiger partial charge in [0.1, 0.15) is 0 Å². The Kier molecular flexibility index (Phi) is 4.90. The van der Waals surface area contributed by atoms with E-state index in [4.69, 9.17) is 10.00 Å². The van der Waals surface area contributed by atoms with Crippen LogP contribution in [0.3, 0.4) is 0 Å². The van der Waals surface area contributed by atoms with Crippen molar-refractivity contribution in [2.45, 2.75) is 25.7 Å². The van der Waals surface area contributed by atoms with Crippen molar-refractivity contribution >= 4 is 5.97 Å². The molecule has 1 atom stereocenters. The van der Waals surface area contributed by atoms with Crippen molar-refractivity contribution in [3.63, 3.8) is 0 Å². The number of hydrogen-bond donors (Lipinski definition) is 0. The van der Waals surface area contributed by atoms with Crippen LogP contribution in [0.15, 0.2) is 48.8 Å². The van der Waals surface area contributed by atoms with Gasteiger partial charge >= 0.3 is 5.97 Å². The summed E-state index contributed by atoms with van der Waals surface area (Å²) in [4.78, 5) is 16.6. The fraction of sp³-hybridized carbons (Fsp3) is 0.278. The molecule has 1 heterocycles. The van der Waals surface area contributed by atoms with Crippen LogP contribution in [0.1, 0.15) is 30.5 Å². The lowest BCUT2D eigenvalue weighted by Crippen LogP contribution is -2.36. The molecule has 0 saturated carbocycles. The van der Waals surface area contributed by atoms with Gasteiger partial charge in [0.2, 0.25) is 0 Å². The Morgan fingerprint density at radius 2 is 2.05 bits per heavy atom. The summed E-state index contributed by atoms with van der Waals surface area (Å²) in [7, 11) is 0. The minimum absolute atomic E-state index is 0.274. The molecule has 0 aliphatic heterocycles. The number of esters is 1. The third kappa shape index (κ3) is 3.32. The highest BCUT2D eigenvalue weighted by molar-refractivity contribution is 5.83. The number of carbonyl (C=O) groups is 1. The highest BCUT2D eigenvalue weighted by Gasteiger charge is 2.37. The molecule has 4 nitrogen and oxygen atoms in total. The van der Waals surface area contributed by atoms with E-state index in [2.05, 4.69) is 11.1 Å². The van der Waals surface area contributed by atoms with E-state index in [1.165, 1.54) is 0 Å². The molecule has 2 aromatic rings. The molecule has 22 heavy (non-hydrogen) atoms. The van der Waals surface area contributed by atoms with Gasteiger partial charge < -0.3 is 4.74 Å². The van der Waals surface area contributed by atoms with Crippen molar-refractivity contribution in [3.05, 3.63) is 65.5 Å². The van der Waals surface area contributed by atoms with E-state index in [1.807, 2.05) is 31.2 Å². The van der Waals surface area contributed by atoms with E-state index in [9.17, 15) is 4.79 Å². The summed E-state index contributed by atoms with van der Waals surface area (Å²) >= 11 is 0. The quantitative estimate of drug-likeness (QED) is 0.795. The largest absolute Gasteiger partial charge is 0.465 e. The van der Waals surface area contributed by atoms with Crippen molar-refractivity contribution in [2.75, 3.05) is 6.61 Å². The molecule has 0 amide bonds. The van der Waals surface area contributed by atoms with Crippen molar-refractivity contribution in [1.82, 2.24) is 4.98 Å². The molecule has 1 aromatic carbocycles. The SMILES string of the molecule is CCOC(=O)C(C)(Cc1cccnc1)c1ccc(C#N)cc1. The second-order valence-electron chi connectivity index (χ2n) is 5.28. The molecular weight excluding hydrogens is 276 g/mol. The Balaban J connectivity index is 2.40. The average molecular weight is 294 g/mol. The first-order valence-corrected chi connectivity index (χ1v) is 7.17. The van der Waals surface area contributed by atoms with E-state index >= 15 is 0 Å². The second kappa shape index (κ2) is 6.86. The zero-order valence-electron chi connectivity index (χ0n) is 12.7. The maximum Gasteiger partial charge on any atom is 0.316 e. The van der Waals surface area contributed by atoms with Gasteiger partial charge in [-0.15, -0.1) is 0 Å². The monoisotopic (exact) mass is 294 g/mol. The van der Waals surface area contributed by atoms with E-state index in [0.717, 1.165) is 11.1 Å². The summed E-state index contributed by atoms with van der Waals surface area (Å²) in [6.45, 7) is 3.98. The summed E-state index contributed by atoms with van der Waals surface area (Å²) in [5, 5.41) is 8.91. The third-order valence-electron chi connectivity index (χ3n) is 3.66. The predicted molar refractivity (Wildman–Crippen MR) is 83.1 cm³/mol. The fourth-order valence-electron chi connectivity index (χ4n) is 2.41. The van der Waals surface area contributed by atoms with E-state index in [0.29, 0.717) is 18.6 Å². The van der Waals surface area contributed by atoms with Crippen LogP contribution >= 0.6 is 0 Å². The van der Waals surface area contributed by atoms with Crippen molar-refractivity contribution in [2.24, 2.45) is 0 Å². The topological polar surface area (TPSA) is 63.0 Å². The van der Waals surface area contributed by atoms with Gasteiger partial charge in [-0.1, -0.05) is 18.2 Å². The molecule has 0 aliphatic carbocycles. The maximum atomic E-state index is 12.5. The molecule has 2 rings (SSSR count).